The van der Waals surface area contributed by atoms with Gasteiger partial charge in [-0.15, -0.1) is 0 Å². The maximum Gasteiger partial charge on any atom is 0.107 e. The highest BCUT2D eigenvalue weighted by molar-refractivity contribution is 4.99. The van der Waals surface area contributed by atoms with Crippen molar-refractivity contribution in [1.29, 1.82) is 0 Å². The predicted octanol–water partition coefficient (Wildman–Crippen LogP) is 1.47. The van der Waals surface area contributed by atoms with E-state index < -0.39 is 0 Å². The molecule has 1 rings (SSSR count). The van der Waals surface area contributed by atoms with Gasteiger partial charge in [0.05, 0.1) is 12.2 Å². The second-order valence-electron chi connectivity index (χ2n) is 2.31. The molecule has 10 heavy (non-hydrogen) atoms. The molecule has 0 atom stereocenters. The average Bonchev–Trinajstić information content (AvgIpc) is 2.13. The lowest BCUT2D eigenvalue weighted by Crippen LogP contribution is -1.99. The van der Waals surface area contributed by atoms with Crippen molar-refractivity contribution >= 4 is 0 Å². The van der Waals surface area contributed by atoms with E-state index in [-0.39, 0.29) is 6.67 Å². The Morgan fingerprint density at radius 1 is 1.60 bits per heavy atom. The molecule has 0 amide bonds. The number of imidazole rings is 1. The fraction of sp³-hybridized carbons (Fsp3) is 0.571. The zero-order valence-corrected chi connectivity index (χ0v) is 6.26. The number of aryl methyl sites for hydroxylation is 3. The van der Waals surface area contributed by atoms with Crippen LogP contribution in [0.4, 0.5) is 4.39 Å². The fourth-order valence-electron chi connectivity index (χ4n) is 0.985. The van der Waals surface area contributed by atoms with Crippen molar-refractivity contribution < 1.29 is 4.39 Å². The van der Waals surface area contributed by atoms with E-state index in [1.807, 2.05) is 24.6 Å². The van der Waals surface area contributed by atoms with Crippen LogP contribution in [0, 0.1) is 13.8 Å². The lowest BCUT2D eigenvalue weighted by molar-refractivity contribution is 0.442. The van der Waals surface area contributed by atoms with Crippen LogP contribution in [-0.4, -0.2) is 16.2 Å². The Hall–Kier alpha value is -0.860. The summed E-state index contributed by atoms with van der Waals surface area (Å²) in [5, 5.41) is 0. The van der Waals surface area contributed by atoms with Gasteiger partial charge in [0.25, 0.3) is 0 Å². The van der Waals surface area contributed by atoms with Crippen molar-refractivity contribution in [1.82, 2.24) is 9.55 Å². The summed E-state index contributed by atoms with van der Waals surface area (Å²) in [4.78, 5) is 4.13. The number of halogens is 1. The van der Waals surface area contributed by atoms with Crippen molar-refractivity contribution in [2.24, 2.45) is 0 Å². The van der Waals surface area contributed by atoms with Crippen LogP contribution in [-0.2, 0) is 6.54 Å². The summed E-state index contributed by atoms with van der Waals surface area (Å²) in [5.41, 5.74) is 0.950. The van der Waals surface area contributed by atoms with Crippen LogP contribution in [0.3, 0.4) is 0 Å². The van der Waals surface area contributed by atoms with Gasteiger partial charge in [-0.1, -0.05) is 0 Å². The summed E-state index contributed by atoms with van der Waals surface area (Å²) < 4.78 is 13.6. The van der Waals surface area contributed by atoms with E-state index >= 15 is 0 Å². The number of aromatic nitrogens is 2. The Labute approximate surface area is 59.7 Å². The molecule has 0 spiro atoms. The second kappa shape index (κ2) is 2.82. The van der Waals surface area contributed by atoms with Gasteiger partial charge in [0.2, 0.25) is 0 Å². The maximum absolute atomic E-state index is 11.8. The topological polar surface area (TPSA) is 17.8 Å². The zero-order valence-electron chi connectivity index (χ0n) is 6.26. The summed E-state index contributed by atoms with van der Waals surface area (Å²) >= 11 is 0. The summed E-state index contributed by atoms with van der Waals surface area (Å²) in [6.07, 6.45) is 1.86. The van der Waals surface area contributed by atoms with Gasteiger partial charge >= 0.3 is 0 Å². The molecule has 1 heterocycles. The van der Waals surface area contributed by atoms with Crippen molar-refractivity contribution in [2.75, 3.05) is 6.67 Å². The minimum Gasteiger partial charge on any atom is -0.332 e. The van der Waals surface area contributed by atoms with E-state index in [2.05, 4.69) is 4.98 Å². The minimum atomic E-state index is -0.323. The summed E-state index contributed by atoms with van der Waals surface area (Å²) in [5.74, 6) is 0.884. The molecule has 3 heteroatoms. The molecular weight excluding hydrogens is 131 g/mol. The molecule has 0 saturated carbocycles. The van der Waals surface area contributed by atoms with Gasteiger partial charge in [-0.05, 0) is 13.8 Å². The van der Waals surface area contributed by atoms with Crippen LogP contribution in [0.2, 0.25) is 0 Å². The summed E-state index contributed by atoms with van der Waals surface area (Å²) in [6, 6.07) is 0. The molecule has 0 saturated heterocycles. The quantitative estimate of drug-likeness (QED) is 0.611. The van der Waals surface area contributed by atoms with E-state index in [0.717, 1.165) is 11.5 Å². The van der Waals surface area contributed by atoms with Gasteiger partial charge in [-0.3, -0.25) is 0 Å². The van der Waals surface area contributed by atoms with E-state index in [4.69, 9.17) is 0 Å². The summed E-state index contributed by atoms with van der Waals surface area (Å²) in [7, 11) is 0. The molecular formula is C7H11FN2. The largest absolute Gasteiger partial charge is 0.332 e. The highest BCUT2D eigenvalue weighted by atomic mass is 19.1. The Kier molecular flexibility index (Phi) is 2.04. The molecule has 1 aromatic rings. The second-order valence-corrected chi connectivity index (χ2v) is 2.31. The third kappa shape index (κ3) is 1.35. The predicted molar refractivity (Wildman–Crippen MR) is 37.7 cm³/mol. The van der Waals surface area contributed by atoms with E-state index in [0.29, 0.717) is 6.54 Å². The fourth-order valence-corrected chi connectivity index (χ4v) is 0.985. The molecule has 0 unspecified atom stereocenters. The maximum atomic E-state index is 11.8. The van der Waals surface area contributed by atoms with Gasteiger partial charge < -0.3 is 4.57 Å². The van der Waals surface area contributed by atoms with Crippen LogP contribution < -0.4 is 0 Å². The van der Waals surface area contributed by atoms with Gasteiger partial charge in [-0.25, -0.2) is 9.37 Å². The van der Waals surface area contributed by atoms with Crippen LogP contribution in [0.15, 0.2) is 6.20 Å². The number of nitrogens with zero attached hydrogens (tertiary/aromatic N) is 2. The van der Waals surface area contributed by atoms with Crippen molar-refractivity contribution in [3.8, 4) is 0 Å². The molecule has 0 N–H and O–H groups in total. The van der Waals surface area contributed by atoms with Crippen LogP contribution in [0.25, 0.3) is 0 Å². The van der Waals surface area contributed by atoms with Gasteiger partial charge in [0, 0.05) is 6.20 Å². The summed E-state index contributed by atoms with van der Waals surface area (Å²) in [6.45, 7) is 3.88. The van der Waals surface area contributed by atoms with Crippen LogP contribution in [0.1, 0.15) is 11.5 Å². The number of hydrogen-bond acceptors (Lipinski definition) is 1. The molecule has 56 valence electrons. The third-order valence-electron chi connectivity index (χ3n) is 1.42. The molecule has 0 aliphatic heterocycles. The highest BCUT2D eigenvalue weighted by Gasteiger charge is 1.97. The third-order valence-corrected chi connectivity index (χ3v) is 1.42. The van der Waals surface area contributed by atoms with Gasteiger partial charge in [0.1, 0.15) is 12.5 Å². The Bertz CT molecular complexity index is 217. The molecule has 1 aromatic heterocycles. The normalized spacial score (nSPS) is 10.3. The first kappa shape index (κ1) is 7.25. The smallest absolute Gasteiger partial charge is 0.107 e. The van der Waals surface area contributed by atoms with Crippen LogP contribution in [0.5, 0.6) is 0 Å². The van der Waals surface area contributed by atoms with E-state index in [1.54, 1.807) is 0 Å². The standard InChI is InChI=1S/C7H11FN2/c1-6-5-10(4-3-8)7(2)9-6/h5H,3-4H2,1-2H3. The number of hydrogen-bond donors (Lipinski definition) is 0. The number of rotatable bonds is 2. The molecule has 0 aromatic carbocycles. The number of alkyl halides is 1. The minimum absolute atomic E-state index is 0.323. The first-order valence-electron chi connectivity index (χ1n) is 3.30. The molecule has 0 bridgehead atoms. The molecule has 0 aliphatic rings. The van der Waals surface area contributed by atoms with Crippen molar-refractivity contribution in [3.63, 3.8) is 0 Å². The van der Waals surface area contributed by atoms with Gasteiger partial charge in [-0.2, -0.15) is 0 Å². The lowest BCUT2D eigenvalue weighted by Gasteiger charge is -1.97. The van der Waals surface area contributed by atoms with Crippen molar-refractivity contribution in [2.45, 2.75) is 20.4 Å². The van der Waals surface area contributed by atoms with Crippen molar-refractivity contribution in [3.05, 3.63) is 17.7 Å². The first-order chi connectivity index (χ1) is 4.74. The van der Waals surface area contributed by atoms with Crippen LogP contribution >= 0.6 is 0 Å². The van der Waals surface area contributed by atoms with Gasteiger partial charge in [0.15, 0.2) is 0 Å². The van der Waals surface area contributed by atoms with E-state index in [1.165, 1.54) is 0 Å². The monoisotopic (exact) mass is 142 g/mol. The molecule has 0 fully saturated rings. The van der Waals surface area contributed by atoms with E-state index in [9.17, 15) is 4.39 Å². The molecule has 2 nitrogen and oxygen atoms in total. The molecule has 0 aliphatic carbocycles. The Morgan fingerprint density at radius 3 is 2.70 bits per heavy atom. The lowest BCUT2D eigenvalue weighted by atomic mass is 10.5. The highest BCUT2D eigenvalue weighted by Crippen LogP contribution is 1.99. The zero-order chi connectivity index (χ0) is 7.56. The Morgan fingerprint density at radius 2 is 2.30 bits per heavy atom. The SMILES string of the molecule is Cc1cn(CCF)c(C)n1. The molecule has 0 radical (unpaired) electrons. The Balaban J connectivity index is 2.81. The first-order valence-corrected chi connectivity index (χ1v) is 3.30. The average molecular weight is 142 g/mol.